The van der Waals surface area contributed by atoms with Gasteiger partial charge in [0.25, 0.3) is 0 Å². The van der Waals surface area contributed by atoms with Crippen molar-refractivity contribution in [3.8, 4) is 9.88 Å². The third kappa shape index (κ3) is 3.82. The Balaban J connectivity index is 1.37. The second-order valence-corrected chi connectivity index (χ2v) is 8.50. The second kappa shape index (κ2) is 7.85. The van der Waals surface area contributed by atoms with Crippen LogP contribution in [0.3, 0.4) is 0 Å². The van der Waals surface area contributed by atoms with E-state index in [-0.39, 0.29) is 17.9 Å². The number of likely N-dealkylation sites (tertiary alicyclic amines) is 1. The van der Waals surface area contributed by atoms with Gasteiger partial charge in [0.2, 0.25) is 11.8 Å². The van der Waals surface area contributed by atoms with Crippen molar-refractivity contribution in [1.29, 1.82) is 0 Å². The molecule has 4 rings (SSSR count). The van der Waals surface area contributed by atoms with Gasteiger partial charge in [-0.2, -0.15) is 0 Å². The fourth-order valence-electron chi connectivity index (χ4n) is 3.61. The molecule has 0 saturated carbocycles. The Kier molecular flexibility index (Phi) is 5.33. The lowest BCUT2D eigenvalue weighted by Crippen LogP contribution is -2.57. The number of amides is 2. The van der Waals surface area contributed by atoms with Gasteiger partial charge in [-0.15, -0.1) is 22.7 Å². The number of hydrogen-bond acceptors (Lipinski definition) is 6. The molecule has 2 fully saturated rings. The summed E-state index contributed by atoms with van der Waals surface area (Å²) in [5, 5.41) is 8.10. The van der Waals surface area contributed by atoms with Crippen LogP contribution in [0.2, 0.25) is 0 Å². The van der Waals surface area contributed by atoms with Gasteiger partial charge >= 0.3 is 0 Å². The molecule has 1 unspecified atom stereocenters. The molecule has 2 aliphatic heterocycles. The third-order valence-electron chi connectivity index (χ3n) is 4.93. The van der Waals surface area contributed by atoms with Gasteiger partial charge < -0.3 is 15.1 Å². The van der Waals surface area contributed by atoms with Gasteiger partial charge in [-0.1, -0.05) is 6.07 Å². The molecule has 138 valence electrons. The van der Waals surface area contributed by atoms with E-state index in [1.807, 2.05) is 26.6 Å². The molecule has 0 aromatic carbocycles. The summed E-state index contributed by atoms with van der Waals surface area (Å²) in [5.41, 5.74) is 0.837. The number of nitrogens with one attached hydrogen (secondary N) is 1. The number of thiazole rings is 1. The van der Waals surface area contributed by atoms with Crippen molar-refractivity contribution in [1.82, 2.24) is 20.1 Å². The van der Waals surface area contributed by atoms with Gasteiger partial charge in [-0.05, 0) is 24.3 Å². The number of carbonyl (C=O) groups excluding carboxylic acids is 2. The highest BCUT2D eigenvalue weighted by atomic mass is 32.1. The average Bonchev–Trinajstić information content (AvgIpc) is 3.34. The van der Waals surface area contributed by atoms with Gasteiger partial charge in [0.1, 0.15) is 5.01 Å². The Morgan fingerprint density at radius 2 is 2.27 bits per heavy atom. The van der Waals surface area contributed by atoms with E-state index < -0.39 is 0 Å². The summed E-state index contributed by atoms with van der Waals surface area (Å²) < 4.78 is 0. The highest BCUT2D eigenvalue weighted by Gasteiger charge is 2.31. The molecular formula is C18H22N4O2S2. The smallest absolute Gasteiger partial charge is 0.236 e. The predicted molar refractivity (Wildman–Crippen MR) is 103 cm³/mol. The minimum absolute atomic E-state index is 0.111. The van der Waals surface area contributed by atoms with Crippen LogP contribution in [-0.2, 0) is 16.0 Å². The van der Waals surface area contributed by atoms with Gasteiger partial charge in [0.15, 0.2) is 0 Å². The molecule has 0 spiro atoms. The molecule has 0 radical (unpaired) electrons. The highest BCUT2D eigenvalue weighted by Crippen LogP contribution is 2.28. The maximum atomic E-state index is 12.8. The van der Waals surface area contributed by atoms with E-state index in [0.29, 0.717) is 19.5 Å². The SMILES string of the molecule is O=C(Cc1csc(-c2cccs2)n1)N1CCCC(N2CCNCC2=O)C1. The van der Waals surface area contributed by atoms with Crippen molar-refractivity contribution >= 4 is 34.5 Å². The lowest BCUT2D eigenvalue weighted by atomic mass is 10.0. The standard InChI is InChI=1S/C18H22N4O2S2/c23-16(9-13-12-26-18(20-13)15-4-2-8-25-15)21-6-1-3-14(11-21)22-7-5-19-10-17(22)24/h2,4,8,12,14,19H,1,3,5-7,9-11H2. The maximum absolute atomic E-state index is 12.8. The third-order valence-corrected chi connectivity index (χ3v) is 6.86. The van der Waals surface area contributed by atoms with Crippen LogP contribution in [0.1, 0.15) is 18.5 Å². The quantitative estimate of drug-likeness (QED) is 0.865. The normalized spacial score (nSPS) is 21.2. The maximum Gasteiger partial charge on any atom is 0.236 e. The van der Waals surface area contributed by atoms with Crippen LogP contribution < -0.4 is 5.32 Å². The number of rotatable bonds is 4. The van der Waals surface area contributed by atoms with Crippen LogP contribution in [0.15, 0.2) is 22.9 Å². The van der Waals surface area contributed by atoms with Crippen LogP contribution in [0.5, 0.6) is 0 Å². The Morgan fingerprint density at radius 1 is 1.35 bits per heavy atom. The molecule has 2 aromatic rings. The molecule has 1 N–H and O–H groups in total. The molecule has 26 heavy (non-hydrogen) atoms. The molecule has 8 heteroatoms. The van der Waals surface area contributed by atoms with Crippen molar-refractivity contribution in [2.24, 2.45) is 0 Å². The van der Waals surface area contributed by atoms with Gasteiger partial charge in [-0.3, -0.25) is 9.59 Å². The largest absolute Gasteiger partial charge is 0.340 e. The van der Waals surface area contributed by atoms with Crippen LogP contribution in [0.4, 0.5) is 0 Å². The first kappa shape index (κ1) is 17.6. The zero-order chi connectivity index (χ0) is 17.9. The number of carbonyl (C=O) groups is 2. The van der Waals surface area contributed by atoms with Crippen LogP contribution in [-0.4, -0.2) is 65.4 Å². The highest BCUT2D eigenvalue weighted by molar-refractivity contribution is 7.20. The summed E-state index contributed by atoms with van der Waals surface area (Å²) in [6.07, 6.45) is 2.27. The average molecular weight is 391 g/mol. The number of piperidine rings is 1. The number of hydrogen-bond donors (Lipinski definition) is 1. The first-order valence-corrected chi connectivity index (χ1v) is 10.7. The summed E-state index contributed by atoms with van der Waals surface area (Å²) in [4.78, 5) is 34.5. The molecule has 2 amide bonds. The second-order valence-electron chi connectivity index (χ2n) is 6.70. The van der Waals surface area contributed by atoms with Crippen molar-refractivity contribution in [2.75, 3.05) is 32.7 Å². The summed E-state index contributed by atoms with van der Waals surface area (Å²) in [6.45, 7) is 3.40. The van der Waals surface area contributed by atoms with Gasteiger partial charge in [-0.25, -0.2) is 4.98 Å². The molecule has 2 saturated heterocycles. The van der Waals surface area contributed by atoms with Gasteiger partial charge in [0, 0.05) is 37.6 Å². The Labute approximate surface area is 160 Å². The summed E-state index contributed by atoms with van der Waals surface area (Å²) in [6, 6.07) is 4.21. The summed E-state index contributed by atoms with van der Waals surface area (Å²) >= 11 is 3.25. The minimum atomic E-state index is 0.111. The van der Waals surface area contributed by atoms with Crippen LogP contribution in [0.25, 0.3) is 9.88 Å². The topological polar surface area (TPSA) is 65.5 Å². The van der Waals surface area contributed by atoms with Crippen molar-refractivity contribution in [3.05, 3.63) is 28.6 Å². The predicted octanol–water partition coefficient (Wildman–Crippen LogP) is 1.84. The Hall–Kier alpha value is -1.77. The van der Waals surface area contributed by atoms with Crippen molar-refractivity contribution in [2.45, 2.75) is 25.3 Å². The van der Waals surface area contributed by atoms with E-state index in [2.05, 4.69) is 16.4 Å². The Morgan fingerprint density at radius 3 is 3.08 bits per heavy atom. The summed E-state index contributed by atoms with van der Waals surface area (Å²) in [7, 11) is 0. The van der Waals surface area contributed by atoms with Crippen molar-refractivity contribution < 1.29 is 9.59 Å². The zero-order valence-corrected chi connectivity index (χ0v) is 16.2. The Bertz CT molecular complexity index is 774. The first-order chi connectivity index (χ1) is 12.7. The summed E-state index contributed by atoms with van der Waals surface area (Å²) in [5.74, 6) is 0.260. The fraction of sp³-hybridized carbons (Fsp3) is 0.500. The number of thiophene rings is 1. The van der Waals surface area contributed by atoms with E-state index in [1.54, 1.807) is 22.7 Å². The van der Waals surface area contributed by atoms with Gasteiger partial charge in [0.05, 0.1) is 23.5 Å². The van der Waals surface area contributed by atoms with E-state index in [1.165, 1.54) is 0 Å². The monoisotopic (exact) mass is 390 g/mol. The van der Waals surface area contributed by atoms with Crippen molar-refractivity contribution in [3.63, 3.8) is 0 Å². The molecule has 2 aromatic heterocycles. The number of nitrogens with zero attached hydrogens (tertiary/aromatic N) is 3. The molecular weight excluding hydrogens is 368 g/mol. The van der Waals surface area contributed by atoms with E-state index in [0.717, 1.165) is 48.1 Å². The molecule has 2 aliphatic rings. The number of aromatic nitrogens is 1. The molecule has 4 heterocycles. The first-order valence-electron chi connectivity index (χ1n) is 8.97. The lowest BCUT2D eigenvalue weighted by Gasteiger charge is -2.41. The number of piperazine rings is 1. The molecule has 1 atom stereocenters. The van der Waals surface area contributed by atoms with Crippen LogP contribution >= 0.6 is 22.7 Å². The minimum Gasteiger partial charge on any atom is -0.340 e. The van der Waals surface area contributed by atoms with E-state index >= 15 is 0 Å². The fourth-order valence-corrected chi connectivity index (χ4v) is 5.25. The van der Waals surface area contributed by atoms with Crippen LogP contribution in [0, 0.1) is 0 Å². The lowest BCUT2D eigenvalue weighted by molar-refractivity contribution is -0.140. The molecule has 0 aliphatic carbocycles. The van der Waals surface area contributed by atoms with E-state index in [9.17, 15) is 9.59 Å². The molecule has 0 bridgehead atoms. The molecule has 6 nitrogen and oxygen atoms in total. The zero-order valence-electron chi connectivity index (χ0n) is 14.5. The van der Waals surface area contributed by atoms with E-state index in [4.69, 9.17) is 0 Å².